The third kappa shape index (κ3) is 10.6. The molecule has 5 heterocycles. The maximum absolute atomic E-state index is 14.0. The van der Waals surface area contributed by atoms with E-state index >= 15 is 0 Å². The number of hydrogen-bond acceptors (Lipinski definition) is 13. The van der Waals surface area contributed by atoms with Crippen molar-refractivity contribution in [2.75, 3.05) is 43.6 Å². The molecule has 1 atom stereocenters. The summed E-state index contributed by atoms with van der Waals surface area (Å²) in [5.74, 6) is -0.917. The van der Waals surface area contributed by atoms with E-state index in [2.05, 4.69) is 31.0 Å². The summed E-state index contributed by atoms with van der Waals surface area (Å²) in [6, 6.07) is 14.4. The van der Waals surface area contributed by atoms with E-state index in [0.717, 1.165) is 18.4 Å². The summed E-state index contributed by atoms with van der Waals surface area (Å²) in [6.07, 6.45) is 5.90. The number of nitrogens with one attached hydrogen (secondary N) is 3. The molecule has 0 bridgehead atoms. The van der Waals surface area contributed by atoms with E-state index in [9.17, 15) is 32.8 Å². The largest absolute Gasteiger partial charge is 0.444 e. The number of imide groups is 1. The molecule has 19 heteroatoms. The molecule has 1 saturated carbocycles. The van der Waals surface area contributed by atoms with Crippen molar-refractivity contribution in [2.24, 2.45) is 5.92 Å². The third-order valence-corrected chi connectivity index (χ3v) is 10.7. The monoisotopic (exact) mass is 866 g/mol. The maximum Gasteiger partial charge on any atom is 0.420 e. The van der Waals surface area contributed by atoms with E-state index in [-0.39, 0.29) is 48.2 Å². The van der Waals surface area contributed by atoms with E-state index in [4.69, 9.17) is 18.3 Å². The molecular formula is C44H44F2N8O9. The van der Waals surface area contributed by atoms with Crippen LogP contribution in [0.5, 0.6) is 0 Å². The molecule has 328 valence electrons. The van der Waals surface area contributed by atoms with Gasteiger partial charge in [0.2, 0.25) is 17.7 Å². The number of halogens is 2. The molecule has 8 rings (SSSR count). The fraction of sp³-hybridized carbons (Fsp3) is 0.364. The Hall–Kier alpha value is -6.86. The van der Waals surface area contributed by atoms with E-state index < -0.39 is 35.7 Å². The van der Waals surface area contributed by atoms with Crippen LogP contribution in [0.1, 0.15) is 89.5 Å². The topological polar surface area (TPSA) is 215 Å². The Morgan fingerprint density at radius 1 is 0.952 bits per heavy atom. The lowest BCUT2D eigenvalue weighted by Crippen LogP contribution is -2.43. The maximum atomic E-state index is 14.0. The summed E-state index contributed by atoms with van der Waals surface area (Å²) in [5, 5.41) is 12.0. The van der Waals surface area contributed by atoms with Crippen LogP contribution < -0.4 is 21.7 Å². The number of alkyl halides is 2. The van der Waals surface area contributed by atoms with Gasteiger partial charge in [0, 0.05) is 49.9 Å². The van der Waals surface area contributed by atoms with Crippen molar-refractivity contribution in [3.05, 3.63) is 106 Å². The number of aryl methyl sites for hydroxylation is 1. The smallest absolute Gasteiger partial charge is 0.420 e. The molecule has 1 aliphatic carbocycles. The number of aromatic nitrogens is 5. The predicted octanol–water partition coefficient (Wildman–Crippen LogP) is 6.45. The average molecular weight is 867 g/mol. The van der Waals surface area contributed by atoms with Gasteiger partial charge in [0.05, 0.1) is 36.3 Å². The molecule has 17 nitrogen and oxygen atoms in total. The quantitative estimate of drug-likeness (QED) is 0.0404. The van der Waals surface area contributed by atoms with Crippen LogP contribution in [0.4, 0.5) is 20.3 Å². The summed E-state index contributed by atoms with van der Waals surface area (Å²) in [5.41, 5.74) is 2.31. The van der Waals surface area contributed by atoms with Gasteiger partial charge in [-0.2, -0.15) is 5.10 Å². The first-order valence-electron chi connectivity index (χ1n) is 20.7. The molecule has 1 aliphatic heterocycles. The minimum atomic E-state index is -2.99. The predicted molar refractivity (Wildman–Crippen MR) is 223 cm³/mol. The lowest BCUT2D eigenvalue weighted by molar-refractivity contribution is -0.135. The molecule has 0 radical (unpaired) electrons. The number of amides is 3. The number of oxazole rings is 2. The van der Waals surface area contributed by atoms with Crippen molar-refractivity contribution in [2.45, 2.75) is 63.8 Å². The lowest BCUT2D eigenvalue weighted by Gasteiger charge is -2.21. The molecule has 0 spiro atoms. The SMILES string of the molecule is O=C1CCC(n2c(=O)oc3cc(CCCOCCOCCCC(=O)c4ccc(-n5cc(NC(=O)c6coc(-c7ccnc(NCC8CC8)c7)n6)c(C(F)F)n5)cc4)ccc32)C(=O)N1. The fourth-order valence-electron chi connectivity index (χ4n) is 7.14. The van der Waals surface area contributed by atoms with Gasteiger partial charge in [0.25, 0.3) is 12.3 Å². The van der Waals surface area contributed by atoms with Gasteiger partial charge >= 0.3 is 5.76 Å². The molecular weight excluding hydrogens is 823 g/mol. The number of rotatable bonds is 21. The number of carbonyl (C=O) groups excluding carboxylic acids is 4. The van der Waals surface area contributed by atoms with Gasteiger partial charge in [-0.15, -0.1) is 0 Å². The average Bonchev–Trinajstić information content (AvgIpc) is 3.63. The van der Waals surface area contributed by atoms with Crippen molar-refractivity contribution in [3.8, 4) is 17.1 Å². The van der Waals surface area contributed by atoms with E-state index in [1.54, 1.807) is 54.7 Å². The normalized spacial score (nSPS) is 15.3. The van der Waals surface area contributed by atoms with Gasteiger partial charge in [-0.25, -0.2) is 28.2 Å². The van der Waals surface area contributed by atoms with Crippen molar-refractivity contribution in [1.29, 1.82) is 0 Å². The zero-order chi connectivity index (χ0) is 43.9. The van der Waals surface area contributed by atoms with Crippen LogP contribution >= 0.6 is 0 Å². The zero-order valence-corrected chi connectivity index (χ0v) is 34.0. The number of pyridine rings is 1. The first-order chi connectivity index (χ1) is 30.6. The number of benzene rings is 2. The molecule has 2 aliphatic rings. The number of ketones is 1. The summed E-state index contributed by atoms with van der Waals surface area (Å²) in [4.78, 5) is 70.8. The van der Waals surface area contributed by atoms with Gasteiger partial charge < -0.3 is 28.9 Å². The molecule has 2 aromatic carbocycles. The second-order valence-corrected chi connectivity index (χ2v) is 15.3. The Bertz CT molecular complexity index is 2670. The Labute approximate surface area is 358 Å². The standard InChI is InChI=1S/C44H44F2N8O9/c45-40(46)39-31(49-41(57)32-25-62-43(50-32)29-15-16-47-37(22-29)48-23-27-5-6-27)24-53(52-39)30-10-8-28(9-11-30)35(55)4-2-18-61-20-19-60-17-1-3-26-7-12-33-36(21-26)63-44(59)54(33)34-13-14-38(56)51-42(34)58/h7-12,15-16,21-22,24-25,27,34,40H,1-6,13-14,17-20,23H2,(H,47,48)(H,49,57)(H,51,56,58). The highest BCUT2D eigenvalue weighted by Gasteiger charge is 2.31. The van der Waals surface area contributed by atoms with Gasteiger partial charge in [0.15, 0.2) is 22.8 Å². The minimum absolute atomic E-state index is 0.106. The van der Waals surface area contributed by atoms with Crippen molar-refractivity contribution in [3.63, 3.8) is 0 Å². The highest BCUT2D eigenvalue weighted by atomic mass is 19.3. The molecule has 3 N–H and O–H groups in total. The molecule has 1 saturated heterocycles. The van der Waals surface area contributed by atoms with Crippen LogP contribution in [0.3, 0.4) is 0 Å². The van der Waals surface area contributed by atoms with Crippen molar-refractivity contribution in [1.82, 2.24) is 29.6 Å². The van der Waals surface area contributed by atoms with Gasteiger partial charge in [-0.1, -0.05) is 6.07 Å². The van der Waals surface area contributed by atoms with E-state index in [1.807, 2.05) is 6.07 Å². The number of ether oxygens (including phenoxy) is 2. The first kappa shape index (κ1) is 42.8. The van der Waals surface area contributed by atoms with E-state index in [0.29, 0.717) is 85.3 Å². The van der Waals surface area contributed by atoms with Crippen LogP contribution in [0, 0.1) is 5.92 Å². The highest BCUT2D eigenvalue weighted by molar-refractivity contribution is 6.03. The minimum Gasteiger partial charge on any atom is -0.444 e. The number of anilines is 2. The van der Waals surface area contributed by atoms with Crippen molar-refractivity contribution < 1.29 is 46.3 Å². The number of piperidine rings is 1. The Morgan fingerprint density at radius 2 is 1.75 bits per heavy atom. The van der Waals surface area contributed by atoms with Crippen LogP contribution in [-0.2, 0) is 25.5 Å². The Morgan fingerprint density at radius 3 is 2.51 bits per heavy atom. The number of fused-ring (bicyclic) bond motifs is 1. The summed E-state index contributed by atoms with van der Waals surface area (Å²) < 4.78 is 52.8. The van der Waals surface area contributed by atoms with Gasteiger partial charge in [-0.05, 0) is 98.5 Å². The second kappa shape index (κ2) is 19.5. The van der Waals surface area contributed by atoms with Crippen molar-refractivity contribution >= 4 is 46.1 Å². The van der Waals surface area contributed by atoms with Crippen LogP contribution in [0.25, 0.3) is 28.2 Å². The number of carbonyl (C=O) groups is 4. The van der Waals surface area contributed by atoms with E-state index in [1.165, 1.54) is 28.3 Å². The molecule has 2 fully saturated rings. The van der Waals surface area contributed by atoms with Crippen LogP contribution in [-0.4, -0.2) is 80.8 Å². The highest BCUT2D eigenvalue weighted by Crippen LogP contribution is 2.31. The molecule has 3 amide bonds. The summed E-state index contributed by atoms with van der Waals surface area (Å²) in [7, 11) is 0. The van der Waals surface area contributed by atoms with Gasteiger partial charge in [0.1, 0.15) is 18.1 Å². The molecule has 6 aromatic rings. The zero-order valence-electron chi connectivity index (χ0n) is 34.0. The second-order valence-electron chi connectivity index (χ2n) is 15.3. The number of nitrogens with zero attached hydrogens (tertiary/aromatic N) is 5. The first-order valence-corrected chi connectivity index (χ1v) is 20.7. The van der Waals surface area contributed by atoms with Crippen LogP contribution in [0.2, 0.25) is 0 Å². The number of hydrogen-bond donors (Lipinski definition) is 3. The summed E-state index contributed by atoms with van der Waals surface area (Å²) >= 11 is 0. The summed E-state index contributed by atoms with van der Waals surface area (Å²) in [6.45, 7) is 2.38. The Balaban J connectivity index is 0.737. The lowest BCUT2D eigenvalue weighted by atomic mass is 10.1. The Kier molecular flexibility index (Phi) is 13.2. The molecule has 63 heavy (non-hydrogen) atoms. The van der Waals surface area contributed by atoms with Gasteiger partial charge in [-0.3, -0.25) is 29.1 Å². The fourth-order valence-corrected chi connectivity index (χ4v) is 7.14. The van der Waals surface area contributed by atoms with Crippen LogP contribution in [0.15, 0.2) is 86.9 Å². The number of Topliss-reactive ketones (excluding diaryl/α,β-unsaturated/α-hetero) is 1. The molecule has 1 unspecified atom stereocenters. The third-order valence-electron chi connectivity index (χ3n) is 10.7. The molecule has 4 aromatic heterocycles.